The molecule has 2 aliphatic heterocycles. The lowest BCUT2D eigenvalue weighted by Crippen LogP contribution is -2.41. The molecule has 0 amide bonds. The van der Waals surface area contributed by atoms with Crippen LogP contribution in [0.4, 0.5) is 0 Å². The summed E-state index contributed by atoms with van der Waals surface area (Å²) in [5, 5.41) is 0. The molecule has 0 aromatic rings. The minimum atomic E-state index is 0.473. The second-order valence-corrected chi connectivity index (χ2v) is 3.81. The van der Waals surface area contributed by atoms with Gasteiger partial charge in [-0.2, -0.15) is 0 Å². The van der Waals surface area contributed by atoms with Crippen LogP contribution in [0.5, 0.6) is 0 Å². The summed E-state index contributed by atoms with van der Waals surface area (Å²) in [4.78, 5) is 13.6. The summed E-state index contributed by atoms with van der Waals surface area (Å²) in [5.74, 6) is 0.473. The van der Waals surface area contributed by atoms with Crippen molar-refractivity contribution in [2.45, 2.75) is 44.7 Å². The third kappa shape index (κ3) is 1.20. The monoisotopic (exact) mass is 153 g/mol. The number of rotatable bonds is 0. The van der Waals surface area contributed by atoms with Gasteiger partial charge in [-0.05, 0) is 19.8 Å². The summed E-state index contributed by atoms with van der Waals surface area (Å²) in [6.45, 7) is 3.29. The lowest BCUT2D eigenvalue weighted by molar-refractivity contribution is -0.122. The molecule has 2 fully saturated rings. The van der Waals surface area contributed by atoms with Crippen LogP contribution in [0.3, 0.4) is 0 Å². The van der Waals surface area contributed by atoms with Gasteiger partial charge in [0.25, 0.3) is 0 Å². The molecule has 2 heterocycles. The molecule has 2 saturated heterocycles. The van der Waals surface area contributed by atoms with Crippen LogP contribution in [0.1, 0.15) is 32.6 Å². The zero-order valence-electron chi connectivity index (χ0n) is 7.05. The highest BCUT2D eigenvalue weighted by Gasteiger charge is 2.34. The van der Waals surface area contributed by atoms with Crippen LogP contribution in [0, 0.1) is 0 Å². The van der Waals surface area contributed by atoms with Crippen molar-refractivity contribution in [3.05, 3.63) is 0 Å². The van der Waals surface area contributed by atoms with Crippen molar-refractivity contribution in [1.82, 2.24) is 4.90 Å². The van der Waals surface area contributed by atoms with Gasteiger partial charge in [0, 0.05) is 31.5 Å². The summed E-state index contributed by atoms with van der Waals surface area (Å²) < 4.78 is 0. The number of hydrogen-bond donors (Lipinski definition) is 0. The highest BCUT2D eigenvalue weighted by atomic mass is 16.1. The highest BCUT2D eigenvalue weighted by molar-refractivity contribution is 5.80. The van der Waals surface area contributed by atoms with E-state index in [1.807, 2.05) is 0 Å². The number of fused-ring (bicyclic) bond motifs is 1. The van der Waals surface area contributed by atoms with E-state index in [1.165, 1.54) is 12.8 Å². The van der Waals surface area contributed by atoms with Gasteiger partial charge in [0.2, 0.25) is 0 Å². The topological polar surface area (TPSA) is 20.3 Å². The Bertz CT molecular complexity index is 178. The molecule has 11 heavy (non-hydrogen) atoms. The molecule has 0 spiro atoms. The third-order valence-corrected chi connectivity index (χ3v) is 3.06. The Balaban J connectivity index is 2.05. The lowest BCUT2D eigenvalue weighted by atomic mass is 10.0. The van der Waals surface area contributed by atoms with Crippen molar-refractivity contribution in [2.75, 3.05) is 6.54 Å². The number of ketones is 1. The Hall–Kier alpha value is -0.370. The number of piperidine rings is 1. The molecule has 2 unspecified atom stereocenters. The van der Waals surface area contributed by atoms with E-state index in [9.17, 15) is 4.79 Å². The van der Waals surface area contributed by atoms with Gasteiger partial charge < -0.3 is 0 Å². The second-order valence-electron chi connectivity index (χ2n) is 3.81. The minimum absolute atomic E-state index is 0.473. The van der Waals surface area contributed by atoms with Gasteiger partial charge in [-0.3, -0.25) is 9.69 Å². The standard InChI is InChI=1S/C9H15NO/c1-7-2-3-8-6-9(11)4-5-10(7)8/h7-8H,2-6H2,1H3. The second kappa shape index (κ2) is 2.59. The van der Waals surface area contributed by atoms with Crippen LogP contribution in [0.2, 0.25) is 0 Å². The molecule has 2 aliphatic rings. The molecule has 0 radical (unpaired) electrons. The molecule has 0 bridgehead atoms. The van der Waals surface area contributed by atoms with Gasteiger partial charge >= 0.3 is 0 Å². The molecule has 2 atom stereocenters. The number of Topliss-reactive ketones (excluding diaryl/α,β-unsaturated/α-hetero) is 1. The normalized spacial score (nSPS) is 39.2. The van der Waals surface area contributed by atoms with Crippen LogP contribution in [0.25, 0.3) is 0 Å². The smallest absolute Gasteiger partial charge is 0.135 e. The molecule has 2 rings (SSSR count). The zero-order valence-corrected chi connectivity index (χ0v) is 7.05. The van der Waals surface area contributed by atoms with Crippen LogP contribution >= 0.6 is 0 Å². The van der Waals surface area contributed by atoms with E-state index in [0.29, 0.717) is 11.8 Å². The van der Waals surface area contributed by atoms with Crippen LogP contribution in [-0.2, 0) is 4.79 Å². The average Bonchev–Trinajstić information content (AvgIpc) is 2.32. The van der Waals surface area contributed by atoms with E-state index in [0.717, 1.165) is 25.4 Å². The average molecular weight is 153 g/mol. The minimum Gasteiger partial charge on any atom is -0.300 e. The van der Waals surface area contributed by atoms with Gasteiger partial charge in [0.1, 0.15) is 5.78 Å². The molecular formula is C9H15NO. The third-order valence-electron chi connectivity index (χ3n) is 3.06. The zero-order chi connectivity index (χ0) is 7.84. The van der Waals surface area contributed by atoms with E-state index < -0.39 is 0 Å². The molecule has 0 aromatic heterocycles. The summed E-state index contributed by atoms with van der Waals surface area (Å²) in [6, 6.07) is 1.33. The fraction of sp³-hybridized carbons (Fsp3) is 0.889. The van der Waals surface area contributed by atoms with E-state index >= 15 is 0 Å². The molecule has 0 aliphatic carbocycles. The predicted molar refractivity (Wildman–Crippen MR) is 43.4 cm³/mol. The number of hydrogen-bond acceptors (Lipinski definition) is 2. The number of carbonyl (C=O) groups excluding carboxylic acids is 1. The first-order valence-corrected chi connectivity index (χ1v) is 4.55. The van der Waals surface area contributed by atoms with Gasteiger partial charge in [-0.1, -0.05) is 0 Å². The summed E-state index contributed by atoms with van der Waals surface area (Å²) >= 11 is 0. The van der Waals surface area contributed by atoms with Crippen molar-refractivity contribution < 1.29 is 4.79 Å². The largest absolute Gasteiger partial charge is 0.300 e. The van der Waals surface area contributed by atoms with Crippen molar-refractivity contribution in [3.63, 3.8) is 0 Å². The fourth-order valence-electron chi connectivity index (χ4n) is 2.37. The summed E-state index contributed by atoms with van der Waals surface area (Å²) in [7, 11) is 0. The van der Waals surface area contributed by atoms with Gasteiger partial charge in [-0.25, -0.2) is 0 Å². The maximum Gasteiger partial charge on any atom is 0.135 e. The molecule has 2 heteroatoms. The van der Waals surface area contributed by atoms with Crippen molar-refractivity contribution in [3.8, 4) is 0 Å². The lowest BCUT2D eigenvalue weighted by Gasteiger charge is -2.31. The first-order valence-electron chi connectivity index (χ1n) is 4.55. The molecule has 2 nitrogen and oxygen atoms in total. The van der Waals surface area contributed by atoms with E-state index in [1.54, 1.807) is 0 Å². The van der Waals surface area contributed by atoms with Gasteiger partial charge in [0.15, 0.2) is 0 Å². The molecule has 0 saturated carbocycles. The van der Waals surface area contributed by atoms with E-state index in [4.69, 9.17) is 0 Å². The Labute approximate surface area is 67.6 Å². The maximum atomic E-state index is 11.1. The maximum absolute atomic E-state index is 11.1. The van der Waals surface area contributed by atoms with E-state index in [-0.39, 0.29) is 0 Å². The molecule has 62 valence electrons. The van der Waals surface area contributed by atoms with Crippen molar-refractivity contribution in [1.29, 1.82) is 0 Å². The van der Waals surface area contributed by atoms with E-state index in [2.05, 4.69) is 11.8 Å². The summed E-state index contributed by atoms with van der Waals surface area (Å²) in [5.41, 5.74) is 0. The Kier molecular flexibility index (Phi) is 1.72. The highest BCUT2D eigenvalue weighted by Crippen LogP contribution is 2.29. The Morgan fingerprint density at radius 2 is 2.27 bits per heavy atom. The molecule has 0 aromatic carbocycles. The summed E-state index contributed by atoms with van der Waals surface area (Å²) in [6.07, 6.45) is 4.15. The first-order chi connectivity index (χ1) is 5.27. The van der Waals surface area contributed by atoms with Crippen molar-refractivity contribution >= 4 is 5.78 Å². The number of carbonyl (C=O) groups is 1. The van der Waals surface area contributed by atoms with Crippen LogP contribution < -0.4 is 0 Å². The predicted octanol–water partition coefficient (Wildman–Crippen LogP) is 1.20. The van der Waals surface area contributed by atoms with Gasteiger partial charge in [-0.15, -0.1) is 0 Å². The van der Waals surface area contributed by atoms with Crippen molar-refractivity contribution in [2.24, 2.45) is 0 Å². The Morgan fingerprint density at radius 3 is 3.09 bits per heavy atom. The van der Waals surface area contributed by atoms with Gasteiger partial charge in [0.05, 0.1) is 0 Å². The fourth-order valence-corrected chi connectivity index (χ4v) is 2.37. The van der Waals surface area contributed by atoms with Crippen LogP contribution in [-0.4, -0.2) is 29.3 Å². The SMILES string of the molecule is CC1CCC2CC(=O)CCN12. The number of nitrogens with zero attached hydrogens (tertiary/aromatic N) is 1. The quantitative estimate of drug-likeness (QED) is 0.521. The molecule has 0 N–H and O–H groups in total. The first kappa shape index (κ1) is 7.29. The molecular weight excluding hydrogens is 138 g/mol. The van der Waals surface area contributed by atoms with Crippen LogP contribution in [0.15, 0.2) is 0 Å². The Morgan fingerprint density at radius 1 is 1.45 bits per heavy atom.